The Labute approximate surface area is 120 Å². The molecular formula is C14H18F4N2O. The Bertz CT molecular complexity index is 471. The molecule has 21 heavy (non-hydrogen) atoms. The summed E-state index contributed by atoms with van der Waals surface area (Å²) in [4.78, 5) is 1.95. The van der Waals surface area contributed by atoms with Gasteiger partial charge in [-0.2, -0.15) is 13.2 Å². The molecule has 2 rings (SSSR count). The van der Waals surface area contributed by atoms with E-state index in [-0.39, 0.29) is 12.1 Å². The van der Waals surface area contributed by atoms with Crippen LogP contribution in [0.25, 0.3) is 0 Å². The van der Waals surface area contributed by atoms with Crippen LogP contribution in [0.15, 0.2) is 18.2 Å². The lowest BCUT2D eigenvalue weighted by molar-refractivity contribution is -0.137. The van der Waals surface area contributed by atoms with Crippen LogP contribution in [-0.2, 0) is 10.9 Å². The highest BCUT2D eigenvalue weighted by atomic mass is 19.4. The van der Waals surface area contributed by atoms with E-state index in [1.807, 2.05) is 4.90 Å². The van der Waals surface area contributed by atoms with Gasteiger partial charge in [-0.1, -0.05) is 0 Å². The summed E-state index contributed by atoms with van der Waals surface area (Å²) in [5.41, 5.74) is 4.98. The van der Waals surface area contributed by atoms with Crippen LogP contribution >= 0.6 is 0 Å². The molecule has 1 aromatic rings. The standard InChI is InChI=1S/C14H18F4N2O/c15-12-7-10(6-11(8-12)14(16,17)18)13(9-19)20-2-1-4-21-5-3-20/h6-8,13H,1-5,9,19H2. The molecule has 0 bridgehead atoms. The third-order valence-electron chi connectivity index (χ3n) is 3.55. The van der Waals surface area contributed by atoms with Crippen molar-refractivity contribution in [1.82, 2.24) is 4.90 Å². The highest BCUT2D eigenvalue weighted by Crippen LogP contribution is 2.32. The molecule has 0 aromatic heterocycles. The van der Waals surface area contributed by atoms with Gasteiger partial charge in [0.25, 0.3) is 0 Å². The first-order chi connectivity index (χ1) is 9.91. The second-order valence-corrected chi connectivity index (χ2v) is 5.02. The summed E-state index contributed by atoms with van der Waals surface area (Å²) in [6.45, 7) is 2.48. The zero-order chi connectivity index (χ0) is 15.5. The lowest BCUT2D eigenvalue weighted by atomic mass is 10.0. The van der Waals surface area contributed by atoms with Gasteiger partial charge in [-0.15, -0.1) is 0 Å². The number of hydrogen-bond donors (Lipinski definition) is 1. The smallest absolute Gasteiger partial charge is 0.380 e. The Kier molecular flexibility index (Phi) is 5.18. The fourth-order valence-corrected chi connectivity index (χ4v) is 2.54. The Hall–Kier alpha value is -1.18. The van der Waals surface area contributed by atoms with E-state index in [2.05, 4.69) is 0 Å². The molecule has 1 aromatic carbocycles. The summed E-state index contributed by atoms with van der Waals surface area (Å²) in [6, 6.07) is 2.16. The average molecular weight is 306 g/mol. The van der Waals surface area contributed by atoms with Crippen molar-refractivity contribution in [2.24, 2.45) is 5.73 Å². The van der Waals surface area contributed by atoms with Gasteiger partial charge in [-0.3, -0.25) is 4.90 Å². The van der Waals surface area contributed by atoms with Gasteiger partial charge >= 0.3 is 6.18 Å². The van der Waals surface area contributed by atoms with E-state index in [1.165, 1.54) is 0 Å². The predicted octanol–water partition coefficient (Wildman–Crippen LogP) is 2.57. The number of rotatable bonds is 3. The topological polar surface area (TPSA) is 38.5 Å². The number of nitrogens with two attached hydrogens (primary N) is 1. The van der Waals surface area contributed by atoms with Gasteiger partial charge in [0.1, 0.15) is 5.82 Å². The highest BCUT2D eigenvalue weighted by Gasteiger charge is 2.32. The van der Waals surface area contributed by atoms with Crippen molar-refractivity contribution in [3.05, 3.63) is 35.1 Å². The second kappa shape index (κ2) is 6.72. The molecule has 1 heterocycles. The van der Waals surface area contributed by atoms with Crippen LogP contribution in [0.1, 0.15) is 23.6 Å². The van der Waals surface area contributed by atoms with Crippen LogP contribution in [0.4, 0.5) is 17.6 Å². The molecular weight excluding hydrogens is 288 g/mol. The third kappa shape index (κ3) is 4.15. The van der Waals surface area contributed by atoms with Gasteiger partial charge in [-0.25, -0.2) is 4.39 Å². The maximum atomic E-state index is 13.5. The largest absolute Gasteiger partial charge is 0.416 e. The molecule has 118 valence electrons. The average Bonchev–Trinajstić information content (AvgIpc) is 2.67. The van der Waals surface area contributed by atoms with E-state index in [1.54, 1.807) is 0 Å². The monoisotopic (exact) mass is 306 g/mol. The maximum absolute atomic E-state index is 13.5. The summed E-state index contributed by atoms with van der Waals surface area (Å²) < 4.78 is 57.2. The van der Waals surface area contributed by atoms with Crippen molar-refractivity contribution in [3.63, 3.8) is 0 Å². The highest BCUT2D eigenvalue weighted by molar-refractivity contribution is 5.29. The fourth-order valence-electron chi connectivity index (χ4n) is 2.54. The molecule has 1 saturated heterocycles. The Morgan fingerprint density at radius 2 is 1.95 bits per heavy atom. The minimum atomic E-state index is -4.57. The van der Waals surface area contributed by atoms with Crippen LogP contribution < -0.4 is 5.73 Å². The first kappa shape index (κ1) is 16.2. The SMILES string of the molecule is NCC(c1cc(F)cc(C(F)(F)F)c1)N1CCCOCC1. The first-order valence-electron chi connectivity index (χ1n) is 6.81. The molecule has 0 radical (unpaired) electrons. The molecule has 7 heteroatoms. The van der Waals surface area contributed by atoms with Crippen molar-refractivity contribution < 1.29 is 22.3 Å². The minimum Gasteiger partial charge on any atom is -0.380 e. The van der Waals surface area contributed by atoms with Gasteiger partial charge < -0.3 is 10.5 Å². The summed E-state index contributed by atoms with van der Waals surface area (Å²) >= 11 is 0. The third-order valence-corrected chi connectivity index (χ3v) is 3.55. The van der Waals surface area contributed by atoms with Gasteiger partial charge in [-0.05, 0) is 30.2 Å². The van der Waals surface area contributed by atoms with Crippen LogP contribution in [0.5, 0.6) is 0 Å². The lowest BCUT2D eigenvalue weighted by Crippen LogP contribution is -2.35. The molecule has 3 nitrogen and oxygen atoms in total. The van der Waals surface area contributed by atoms with Gasteiger partial charge in [0.05, 0.1) is 12.2 Å². The summed E-state index contributed by atoms with van der Waals surface area (Å²) in [7, 11) is 0. The van der Waals surface area contributed by atoms with Crippen molar-refractivity contribution in [2.75, 3.05) is 32.8 Å². The number of alkyl halides is 3. The van der Waals surface area contributed by atoms with Gasteiger partial charge in [0.15, 0.2) is 0 Å². The quantitative estimate of drug-likeness (QED) is 0.872. The molecule has 1 aliphatic heterocycles. The molecule has 0 amide bonds. The Morgan fingerprint density at radius 3 is 2.62 bits per heavy atom. The number of hydrogen-bond acceptors (Lipinski definition) is 3. The number of halogens is 4. The summed E-state index contributed by atoms with van der Waals surface area (Å²) in [5.74, 6) is -0.899. The fraction of sp³-hybridized carbons (Fsp3) is 0.571. The van der Waals surface area contributed by atoms with Crippen LogP contribution in [0.2, 0.25) is 0 Å². The molecule has 1 fully saturated rings. The van der Waals surface area contributed by atoms with Crippen molar-refractivity contribution in [1.29, 1.82) is 0 Å². The second-order valence-electron chi connectivity index (χ2n) is 5.02. The predicted molar refractivity (Wildman–Crippen MR) is 70.2 cm³/mol. The van der Waals surface area contributed by atoms with Crippen molar-refractivity contribution in [3.8, 4) is 0 Å². The van der Waals surface area contributed by atoms with Crippen LogP contribution in [0, 0.1) is 5.82 Å². The van der Waals surface area contributed by atoms with E-state index in [0.29, 0.717) is 32.4 Å². The van der Waals surface area contributed by atoms with Crippen LogP contribution in [0.3, 0.4) is 0 Å². The van der Waals surface area contributed by atoms with Crippen molar-refractivity contribution in [2.45, 2.75) is 18.6 Å². The van der Waals surface area contributed by atoms with Crippen molar-refractivity contribution >= 4 is 0 Å². The summed E-state index contributed by atoms with van der Waals surface area (Å²) in [6.07, 6.45) is -3.80. The number of nitrogens with zero attached hydrogens (tertiary/aromatic N) is 1. The van der Waals surface area contributed by atoms with E-state index in [4.69, 9.17) is 10.5 Å². The first-order valence-corrected chi connectivity index (χ1v) is 6.81. The normalized spacial score (nSPS) is 19.3. The summed E-state index contributed by atoms with van der Waals surface area (Å²) in [5, 5.41) is 0. The molecule has 0 spiro atoms. The Balaban J connectivity index is 2.30. The molecule has 1 unspecified atom stereocenters. The molecule has 2 N–H and O–H groups in total. The zero-order valence-corrected chi connectivity index (χ0v) is 11.5. The molecule has 0 saturated carbocycles. The van der Waals surface area contributed by atoms with E-state index >= 15 is 0 Å². The van der Waals surface area contributed by atoms with E-state index in [9.17, 15) is 17.6 Å². The Morgan fingerprint density at radius 1 is 1.19 bits per heavy atom. The number of ether oxygens (including phenoxy) is 1. The minimum absolute atomic E-state index is 0.126. The molecule has 1 atom stereocenters. The lowest BCUT2D eigenvalue weighted by Gasteiger charge is -2.30. The molecule has 1 aliphatic rings. The maximum Gasteiger partial charge on any atom is 0.416 e. The van der Waals surface area contributed by atoms with Crippen LogP contribution in [-0.4, -0.2) is 37.7 Å². The van der Waals surface area contributed by atoms with E-state index < -0.39 is 23.6 Å². The van der Waals surface area contributed by atoms with E-state index in [0.717, 1.165) is 18.6 Å². The zero-order valence-electron chi connectivity index (χ0n) is 11.5. The van der Waals surface area contributed by atoms with Gasteiger partial charge in [0.2, 0.25) is 0 Å². The molecule has 0 aliphatic carbocycles. The van der Waals surface area contributed by atoms with Gasteiger partial charge in [0, 0.05) is 32.3 Å². The number of benzene rings is 1.